The number of fused-ring (bicyclic) bond motifs is 1. The van der Waals surface area contributed by atoms with Gasteiger partial charge in [0.15, 0.2) is 18.1 Å². The molecule has 1 aliphatic rings. The van der Waals surface area contributed by atoms with Crippen LogP contribution in [0, 0.1) is 0 Å². The molecule has 0 radical (unpaired) electrons. The van der Waals surface area contributed by atoms with Gasteiger partial charge in [0.2, 0.25) is 6.79 Å². The summed E-state index contributed by atoms with van der Waals surface area (Å²) >= 11 is 0. The molecule has 2 aromatic rings. The van der Waals surface area contributed by atoms with E-state index in [1.54, 1.807) is 0 Å². The van der Waals surface area contributed by atoms with Crippen LogP contribution in [-0.2, 0) is 11.2 Å². The molecule has 0 saturated heterocycles. The highest BCUT2D eigenvalue weighted by molar-refractivity contribution is 5.77. The van der Waals surface area contributed by atoms with Crippen molar-refractivity contribution in [3.8, 4) is 17.2 Å². The van der Waals surface area contributed by atoms with E-state index < -0.39 is 0 Å². The zero-order chi connectivity index (χ0) is 17.6. The largest absolute Gasteiger partial charge is 0.483 e. The first-order chi connectivity index (χ1) is 12.1. The number of carbonyl (C=O) groups excluding carboxylic acids is 1. The molecule has 0 saturated carbocycles. The third kappa shape index (κ3) is 4.44. The van der Waals surface area contributed by atoms with Gasteiger partial charge >= 0.3 is 0 Å². The number of hydrogen-bond donors (Lipinski definition) is 1. The number of benzene rings is 2. The Hall–Kier alpha value is -2.69. The standard InChI is InChI=1S/C20H23NO4/c1-14(2)16-5-3-4-6-17(16)23-12-20(22)21-10-9-15-7-8-18-19(11-15)25-13-24-18/h3-8,11,14H,9-10,12-13H2,1-2H3,(H,21,22). The van der Waals surface area contributed by atoms with Crippen molar-refractivity contribution in [2.24, 2.45) is 0 Å². The maximum atomic E-state index is 12.0. The van der Waals surface area contributed by atoms with Crippen molar-refractivity contribution >= 4 is 5.91 Å². The molecule has 0 fully saturated rings. The summed E-state index contributed by atoms with van der Waals surface area (Å²) in [6.07, 6.45) is 0.727. The first-order valence-corrected chi connectivity index (χ1v) is 8.50. The summed E-state index contributed by atoms with van der Waals surface area (Å²) in [5.41, 5.74) is 2.20. The lowest BCUT2D eigenvalue weighted by Crippen LogP contribution is -2.30. The Morgan fingerprint density at radius 1 is 1.16 bits per heavy atom. The molecular weight excluding hydrogens is 318 g/mol. The predicted molar refractivity (Wildman–Crippen MR) is 95.3 cm³/mol. The average molecular weight is 341 g/mol. The zero-order valence-electron chi connectivity index (χ0n) is 14.6. The van der Waals surface area contributed by atoms with E-state index >= 15 is 0 Å². The van der Waals surface area contributed by atoms with Crippen LogP contribution in [0.5, 0.6) is 17.2 Å². The smallest absolute Gasteiger partial charge is 0.257 e. The molecule has 0 spiro atoms. The minimum absolute atomic E-state index is 0.0187. The topological polar surface area (TPSA) is 56.8 Å². The van der Waals surface area contributed by atoms with E-state index in [9.17, 15) is 4.79 Å². The number of rotatable bonds is 7. The van der Waals surface area contributed by atoms with Gasteiger partial charge in [0.1, 0.15) is 5.75 Å². The molecule has 1 heterocycles. The second-order valence-corrected chi connectivity index (χ2v) is 6.27. The van der Waals surface area contributed by atoms with Crippen LogP contribution in [0.15, 0.2) is 42.5 Å². The van der Waals surface area contributed by atoms with Gasteiger partial charge in [0.25, 0.3) is 5.91 Å². The van der Waals surface area contributed by atoms with Crippen molar-refractivity contribution in [1.82, 2.24) is 5.32 Å². The van der Waals surface area contributed by atoms with Crippen molar-refractivity contribution in [1.29, 1.82) is 0 Å². The Morgan fingerprint density at radius 2 is 1.96 bits per heavy atom. The van der Waals surface area contributed by atoms with Crippen molar-refractivity contribution in [2.75, 3.05) is 19.9 Å². The lowest BCUT2D eigenvalue weighted by Gasteiger charge is -2.13. The molecule has 132 valence electrons. The fraction of sp³-hybridized carbons (Fsp3) is 0.350. The molecule has 0 atom stereocenters. The second-order valence-electron chi connectivity index (χ2n) is 6.27. The summed E-state index contributed by atoms with van der Waals surface area (Å²) in [5, 5.41) is 2.88. The van der Waals surface area contributed by atoms with E-state index in [4.69, 9.17) is 14.2 Å². The van der Waals surface area contributed by atoms with Gasteiger partial charge in [-0.25, -0.2) is 0 Å². The van der Waals surface area contributed by atoms with Gasteiger partial charge < -0.3 is 19.5 Å². The second kappa shape index (κ2) is 7.92. The molecule has 0 aliphatic carbocycles. The van der Waals surface area contributed by atoms with Crippen LogP contribution in [0.1, 0.15) is 30.9 Å². The maximum Gasteiger partial charge on any atom is 0.257 e. The van der Waals surface area contributed by atoms with Gasteiger partial charge in [-0.1, -0.05) is 38.1 Å². The van der Waals surface area contributed by atoms with Gasteiger partial charge in [0.05, 0.1) is 0 Å². The Balaban J connectivity index is 1.44. The van der Waals surface area contributed by atoms with Crippen molar-refractivity contribution in [3.05, 3.63) is 53.6 Å². The van der Waals surface area contributed by atoms with E-state index in [0.717, 1.165) is 34.8 Å². The van der Waals surface area contributed by atoms with E-state index in [1.165, 1.54) is 0 Å². The SMILES string of the molecule is CC(C)c1ccccc1OCC(=O)NCCc1ccc2c(c1)OCO2. The normalized spacial score (nSPS) is 12.3. The predicted octanol–water partition coefficient (Wildman–Crippen LogP) is 3.28. The number of ether oxygens (including phenoxy) is 3. The molecule has 1 N–H and O–H groups in total. The van der Waals surface area contributed by atoms with Crippen molar-refractivity contribution < 1.29 is 19.0 Å². The molecule has 0 bridgehead atoms. The average Bonchev–Trinajstić information content (AvgIpc) is 3.08. The summed E-state index contributed by atoms with van der Waals surface area (Å²) in [4.78, 5) is 12.0. The van der Waals surface area contributed by atoms with Gasteiger partial charge in [-0.2, -0.15) is 0 Å². The van der Waals surface area contributed by atoms with Gasteiger partial charge in [-0.15, -0.1) is 0 Å². The molecule has 5 heteroatoms. The molecule has 0 aromatic heterocycles. The fourth-order valence-electron chi connectivity index (χ4n) is 2.73. The number of hydrogen-bond acceptors (Lipinski definition) is 4. The van der Waals surface area contributed by atoms with Crippen molar-refractivity contribution in [2.45, 2.75) is 26.2 Å². The van der Waals surface area contributed by atoms with Gasteiger partial charge in [-0.05, 0) is 41.7 Å². The first kappa shape index (κ1) is 17.1. The summed E-state index contributed by atoms with van der Waals surface area (Å²) in [6.45, 7) is 5.05. The van der Waals surface area contributed by atoms with Gasteiger partial charge in [-0.3, -0.25) is 4.79 Å². The van der Waals surface area contributed by atoms with E-state index in [1.807, 2.05) is 42.5 Å². The quantitative estimate of drug-likeness (QED) is 0.840. The Bertz CT molecular complexity index is 742. The minimum atomic E-state index is -0.126. The highest BCUT2D eigenvalue weighted by Gasteiger charge is 2.13. The minimum Gasteiger partial charge on any atom is -0.483 e. The van der Waals surface area contributed by atoms with Crippen LogP contribution >= 0.6 is 0 Å². The summed E-state index contributed by atoms with van der Waals surface area (Å²) in [7, 11) is 0. The molecule has 25 heavy (non-hydrogen) atoms. The van der Waals surface area contributed by atoms with Crippen LogP contribution in [0.25, 0.3) is 0 Å². The lowest BCUT2D eigenvalue weighted by molar-refractivity contribution is -0.123. The third-order valence-electron chi connectivity index (χ3n) is 4.07. The molecule has 0 unspecified atom stereocenters. The Labute approximate surface area is 147 Å². The molecule has 1 amide bonds. The Morgan fingerprint density at radius 3 is 2.80 bits per heavy atom. The number of nitrogens with one attached hydrogen (secondary N) is 1. The monoisotopic (exact) mass is 341 g/mol. The van der Waals surface area contributed by atoms with E-state index in [0.29, 0.717) is 12.5 Å². The van der Waals surface area contributed by atoms with Crippen LogP contribution in [0.2, 0.25) is 0 Å². The molecule has 2 aromatic carbocycles. The molecule has 1 aliphatic heterocycles. The van der Waals surface area contributed by atoms with Crippen molar-refractivity contribution in [3.63, 3.8) is 0 Å². The number of amides is 1. The van der Waals surface area contributed by atoms with E-state index in [-0.39, 0.29) is 19.3 Å². The molecular formula is C20H23NO4. The highest BCUT2D eigenvalue weighted by Crippen LogP contribution is 2.32. The number of carbonyl (C=O) groups is 1. The maximum absolute atomic E-state index is 12.0. The first-order valence-electron chi connectivity index (χ1n) is 8.50. The van der Waals surface area contributed by atoms with Crippen LogP contribution in [0.4, 0.5) is 0 Å². The number of para-hydroxylation sites is 1. The summed E-state index contributed by atoms with van der Waals surface area (Å²) in [5.74, 6) is 2.52. The van der Waals surface area contributed by atoms with Crippen LogP contribution in [-0.4, -0.2) is 25.9 Å². The van der Waals surface area contributed by atoms with Gasteiger partial charge in [0, 0.05) is 6.54 Å². The zero-order valence-corrected chi connectivity index (χ0v) is 14.6. The molecule has 5 nitrogen and oxygen atoms in total. The fourth-order valence-corrected chi connectivity index (χ4v) is 2.73. The Kier molecular flexibility index (Phi) is 5.43. The lowest BCUT2D eigenvalue weighted by atomic mass is 10.0. The molecule has 3 rings (SSSR count). The summed E-state index contributed by atoms with van der Waals surface area (Å²) < 4.78 is 16.3. The highest BCUT2D eigenvalue weighted by atomic mass is 16.7. The third-order valence-corrected chi connectivity index (χ3v) is 4.07. The van der Waals surface area contributed by atoms with Crippen LogP contribution < -0.4 is 19.5 Å². The summed E-state index contributed by atoms with van der Waals surface area (Å²) in [6, 6.07) is 13.6. The van der Waals surface area contributed by atoms with E-state index in [2.05, 4.69) is 19.2 Å². The van der Waals surface area contributed by atoms with Crippen LogP contribution in [0.3, 0.4) is 0 Å².